The SMILES string of the molecule is CC(=O)O[C@@H]1C[C@H](n2ccc(=O)[nH]c2=O)O[C@@H]1CO.CC(=O)O[C@@H]1C[C@H](n2ccc(=O)[nH]c2=O)O[C@@H]1CO[Si](O[Si](C)(C)C)(O[Si](C)(C)C)C(c1ccccc1)c1ccccc1. The van der Waals surface area contributed by atoms with Crippen LogP contribution in [0.4, 0.5) is 0 Å². The van der Waals surface area contributed by atoms with Crippen molar-refractivity contribution >= 4 is 37.4 Å². The van der Waals surface area contributed by atoms with Gasteiger partial charge in [0.15, 0.2) is 16.6 Å². The Morgan fingerprint density at radius 2 is 1.08 bits per heavy atom. The number of nitrogens with zero attached hydrogens (tertiary/aromatic N) is 2. The van der Waals surface area contributed by atoms with Crippen molar-refractivity contribution in [2.45, 2.75) is 108 Å². The Kier molecular flexibility index (Phi) is 16.0. The number of rotatable bonds is 15. The topological polar surface area (TPSA) is 229 Å². The van der Waals surface area contributed by atoms with Gasteiger partial charge >= 0.3 is 32.1 Å². The van der Waals surface area contributed by atoms with Crippen molar-refractivity contribution in [1.82, 2.24) is 19.1 Å². The predicted octanol–water partition coefficient (Wildman–Crippen LogP) is 3.53. The van der Waals surface area contributed by atoms with E-state index in [1.54, 1.807) is 0 Å². The molecule has 2 fully saturated rings. The first-order valence-corrected chi connectivity index (χ1v) is 28.8. The van der Waals surface area contributed by atoms with E-state index in [2.05, 4.69) is 73.5 Å². The second-order valence-corrected chi connectivity index (χ2v) is 29.0. The molecule has 336 valence electrons. The number of aromatic nitrogens is 4. The van der Waals surface area contributed by atoms with Gasteiger partial charge in [-0.05, 0) is 50.4 Å². The van der Waals surface area contributed by atoms with Crippen LogP contribution in [0.3, 0.4) is 0 Å². The first-order valence-electron chi connectivity index (χ1n) is 20.2. The summed E-state index contributed by atoms with van der Waals surface area (Å²) < 4.78 is 46.1. The van der Waals surface area contributed by atoms with Crippen molar-refractivity contribution in [2.75, 3.05) is 13.2 Å². The van der Waals surface area contributed by atoms with Gasteiger partial charge in [0.2, 0.25) is 0 Å². The Morgan fingerprint density at radius 1 is 0.677 bits per heavy atom. The molecule has 0 spiro atoms. The molecule has 0 radical (unpaired) electrons. The number of carbonyl (C=O) groups excluding carboxylic acids is 2. The van der Waals surface area contributed by atoms with Crippen molar-refractivity contribution in [3.05, 3.63) is 138 Å². The normalized spacial score (nSPS) is 21.6. The van der Waals surface area contributed by atoms with E-state index in [0.717, 1.165) is 11.1 Å². The number of ether oxygens (including phenoxy) is 4. The summed E-state index contributed by atoms with van der Waals surface area (Å²) in [6, 6.07) is 22.6. The van der Waals surface area contributed by atoms with Gasteiger partial charge in [-0.15, -0.1) is 0 Å². The molecule has 6 rings (SSSR count). The van der Waals surface area contributed by atoms with Crippen LogP contribution >= 0.6 is 0 Å². The van der Waals surface area contributed by atoms with Gasteiger partial charge in [0.1, 0.15) is 36.9 Å². The van der Waals surface area contributed by atoms with E-state index in [0.29, 0.717) is 0 Å². The van der Waals surface area contributed by atoms with E-state index >= 15 is 0 Å². The van der Waals surface area contributed by atoms with Crippen LogP contribution in [0.5, 0.6) is 0 Å². The van der Waals surface area contributed by atoms with Gasteiger partial charge in [-0.25, -0.2) is 9.59 Å². The first kappa shape index (κ1) is 48.2. The highest BCUT2D eigenvalue weighted by Crippen LogP contribution is 2.41. The second kappa shape index (κ2) is 20.6. The molecule has 21 heteroatoms. The summed E-state index contributed by atoms with van der Waals surface area (Å²) in [4.78, 5) is 74.2. The Bertz CT molecular complexity index is 2310. The molecule has 2 aliphatic heterocycles. The number of hydrogen-bond acceptors (Lipinski definition) is 14. The standard InChI is InChI=1S/C30H42N2O8Si3.C11H14N2O6/c1-22(33)37-25-20-28(32-19-18-27(34)31-30(32)35)38-26(25)21-36-43(39-41(2,3)4,40-42(5,6)7)29(23-14-10-8-11-15-23)24-16-12-9-13-17-24;1-6(15)18-7-4-10(19-8(7)5-14)13-3-2-9(16)12-11(13)17/h8-19,25-26,28-29H,20-21H2,1-7H3,(H,31,34,35);2-3,7-8,10,14H,4-5H2,1H3,(H,12,16,17)/t25-,26-,28-;7-,8-,10-/m11/s1. The number of esters is 2. The lowest BCUT2D eigenvalue weighted by Crippen LogP contribution is -2.61. The Balaban J connectivity index is 0.000000317. The molecule has 4 aromatic rings. The molecule has 3 N–H and O–H groups in total. The molecule has 0 bridgehead atoms. The van der Waals surface area contributed by atoms with Crippen molar-refractivity contribution in [1.29, 1.82) is 0 Å². The number of carbonyl (C=O) groups is 2. The molecule has 2 aromatic carbocycles. The van der Waals surface area contributed by atoms with Crippen LogP contribution < -0.4 is 22.5 Å². The molecule has 0 aliphatic carbocycles. The third kappa shape index (κ3) is 13.1. The number of H-pyrrole nitrogens is 2. The quantitative estimate of drug-likeness (QED) is 0.115. The summed E-state index contributed by atoms with van der Waals surface area (Å²) in [5.74, 6) is -0.957. The van der Waals surface area contributed by atoms with E-state index in [1.165, 1.54) is 47.5 Å². The average Bonchev–Trinajstić information content (AvgIpc) is 3.76. The fraction of sp³-hybridized carbons (Fsp3) is 0.463. The average molecular weight is 913 g/mol. The van der Waals surface area contributed by atoms with Crippen molar-refractivity contribution in [2.24, 2.45) is 0 Å². The fourth-order valence-electron chi connectivity index (χ4n) is 7.26. The van der Waals surface area contributed by atoms with Crippen LogP contribution in [0, 0.1) is 0 Å². The number of aromatic amines is 2. The number of aliphatic hydroxyl groups is 1. The number of benzene rings is 2. The maximum atomic E-state index is 12.6. The summed E-state index contributed by atoms with van der Waals surface area (Å²) >= 11 is 0. The molecule has 0 unspecified atom stereocenters. The minimum Gasteiger partial charge on any atom is -0.460 e. The lowest BCUT2D eigenvalue weighted by Gasteiger charge is -2.44. The molecule has 0 saturated carbocycles. The van der Waals surface area contributed by atoms with Gasteiger partial charge in [0, 0.05) is 51.2 Å². The smallest absolute Gasteiger partial charge is 0.460 e. The van der Waals surface area contributed by atoms with Crippen LogP contribution in [-0.2, 0) is 41.2 Å². The minimum atomic E-state index is -3.65. The van der Waals surface area contributed by atoms with Crippen LogP contribution in [0.2, 0.25) is 39.3 Å². The van der Waals surface area contributed by atoms with E-state index < -0.39 is 96.7 Å². The van der Waals surface area contributed by atoms with Gasteiger partial charge in [-0.2, -0.15) is 0 Å². The van der Waals surface area contributed by atoms with Crippen molar-refractivity contribution in [3.8, 4) is 0 Å². The maximum absolute atomic E-state index is 12.6. The molecule has 6 atom stereocenters. The van der Waals surface area contributed by atoms with Gasteiger partial charge in [-0.3, -0.25) is 38.3 Å². The molecular formula is C41H56N4O14Si3. The third-order valence-corrected chi connectivity index (χ3v) is 18.6. The lowest BCUT2D eigenvalue weighted by molar-refractivity contribution is -0.151. The molecule has 0 amide bonds. The molecule has 2 aliphatic rings. The second-order valence-electron chi connectivity index (χ2n) is 16.8. The monoisotopic (exact) mass is 912 g/mol. The largest absolute Gasteiger partial charge is 0.492 e. The molecular weight excluding hydrogens is 857 g/mol. The van der Waals surface area contributed by atoms with Gasteiger partial charge in [0.25, 0.3) is 11.1 Å². The maximum Gasteiger partial charge on any atom is 0.492 e. The molecule has 18 nitrogen and oxygen atoms in total. The zero-order chi connectivity index (χ0) is 45.4. The Labute approximate surface area is 361 Å². The molecule has 4 heterocycles. The highest BCUT2D eigenvalue weighted by molar-refractivity contribution is 6.86. The Morgan fingerprint density at radius 3 is 1.45 bits per heavy atom. The van der Waals surface area contributed by atoms with E-state index in [9.17, 15) is 28.8 Å². The summed E-state index contributed by atoms with van der Waals surface area (Å²) in [6.07, 6.45) is -1.06. The molecule has 2 saturated heterocycles. The van der Waals surface area contributed by atoms with Gasteiger partial charge in [-0.1, -0.05) is 60.7 Å². The zero-order valence-corrected chi connectivity index (χ0v) is 39.1. The summed E-state index contributed by atoms with van der Waals surface area (Å²) in [6.45, 7) is 15.0. The fourth-order valence-corrected chi connectivity index (χ4v) is 17.8. The minimum absolute atomic E-state index is 0.00387. The van der Waals surface area contributed by atoms with Crippen LogP contribution in [0.25, 0.3) is 0 Å². The summed E-state index contributed by atoms with van der Waals surface area (Å²) in [5, 5.41) is 9.17. The van der Waals surface area contributed by atoms with Gasteiger partial charge in [0.05, 0.1) is 18.8 Å². The van der Waals surface area contributed by atoms with Gasteiger partial charge < -0.3 is 36.7 Å². The predicted molar refractivity (Wildman–Crippen MR) is 233 cm³/mol. The van der Waals surface area contributed by atoms with E-state index in [4.69, 9.17) is 36.7 Å². The highest BCUT2D eigenvalue weighted by atomic mass is 28.5. The third-order valence-electron chi connectivity index (χ3n) is 9.46. The number of hydrogen-bond donors (Lipinski definition) is 3. The number of aliphatic hydroxyl groups excluding tert-OH is 1. The van der Waals surface area contributed by atoms with Crippen molar-refractivity contribution in [3.63, 3.8) is 0 Å². The molecule has 2 aromatic heterocycles. The van der Waals surface area contributed by atoms with Crippen molar-refractivity contribution < 1.29 is 46.3 Å². The zero-order valence-electron chi connectivity index (χ0n) is 36.1. The van der Waals surface area contributed by atoms with Crippen LogP contribution in [-0.4, -0.2) is 99.2 Å². The van der Waals surface area contributed by atoms with E-state index in [-0.39, 0.29) is 31.6 Å². The molecule has 62 heavy (non-hydrogen) atoms. The first-order chi connectivity index (χ1) is 29.2. The van der Waals surface area contributed by atoms with E-state index in [1.807, 2.05) is 36.4 Å². The lowest BCUT2D eigenvalue weighted by atomic mass is 10.0. The Hall–Kier alpha value is -4.85. The summed E-state index contributed by atoms with van der Waals surface area (Å²) in [7, 11) is -8.23. The number of nitrogens with one attached hydrogen (secondary N) is 2. The van der Waals surface area contributed by atoms with Crippen LogP contribution in [0.15, 0.2) is 104 Å². The van der Waals surface area contributed by atoms with Crippen LogP contribution in [0.1, 0.15) is 55.8 Å². The summed E-state index contributed by atoms with van der Waals surface area (Å²) in [5.41, 5.74) is -0.545. The highest BCUT2D eigenvalue weighted by Gasteiger charge is 2.56.